The van der Waals surface area contributed by atoms with Crippen LogP contribution in [0.3, 0.4) is 0 Å². The molecule has 2 aromatic rings. The number of methoxy groups -OCH3 is 1. The van der Waals surface area contributed by atoms with Gasteiger partial charge in [-0.15, -0.1) is 0 Å². The Bertz CT molecular complexity index is 717. The van der Waals surface area contributed by atoms with Gasteiger partial charge in [-0.25, -0.2) is 9.78 Å². The maximum absolute atomic E-state index is 12.1. The Morgan fingerprint density at radius 3 is 2.60 bits per heavy atom. The topological polar surface area (TPSA) is 104 Å². The van der Waals surface area contributed by atoms with Crippen molar-refractivity contribution in [3.63, 3.8) is 0 Å². The van der Waals surface area contributed by atoms with Crippen molar-refractivity contribution in [3.05, 3.63) is 53.7 Å². The van der Waals surface area contributed by atoms with Crippen LogP contribution in [0, 0.1) is 0 Å². The fourth-order valence-electron chi connectivity index (χ4n) is 2.10. The molecule has 1 heterocycles. The fourth-order valence-corrected chi connectivity index (χ4v) is 2.10. The van der Waals surface area contributed by atoms with E-state index in [2.05, 4.69) is 15.0 Å². The number of hydrogen-bond acceptors (Lipinski definition) is 7. The number of nitrogens with one attached hydrogen (secondary N) is 1. The first kappa shape index (κ1) is 18.4. The zero-order chi connectivity index (χ0) is 18.1. The van der Waals surface area contributed by atoms with E-state index in [1.807, 2.05) is 12.1 Å². The molecule has 0 radical (unpaired) electrons. The highest BCUT2D eigenvalue weighted by Gasteiger charge is 2.07. The number of nitrogens with zero attached hydrogens (tertiary/aromatic N) is 1. The van der Waals surface area contributed by atoms with Crippen molar-refractivity contribution in [1.82, 2.24) is 10.3 Å². The number of esters is 1. The number of Topliss-reactive ketones (excluding diaryl/α,β-unsaturated/α-hetero) is 1. The Morgan fingerprint density at radius 2 is 1.92 bits per heavy atom. The Balaban J connectivity index is 1.74. The van der Waals surface area contributed by atoms with Crippen LogP contribution in [0.1, 0.15) is 16.1 Å². The average molecular weight is 343 g/mol. The molecule has 0 amide bonds. The smallest absolute Gasteiger partial charge is 0.343 e. The molecule has 0 bridgehead atoms. The minimum Gasteiger partial charge on any atom is -0.482 e. The van der Waals surface area contributed by atoms with Gasteiger partial charge in [0.2, 0.25) is 0 Å². The summed E-state index contributed by atoms with van der Waals surface area (Å²) in [6, 6.07) is 12.1. The van der Waals surface area contributed by atoms with Gasteiger partial charge in [-0.1, -0.05) is 6.07 Å². The van der Waals surface area contributed by atoms with Gasteiger partial charge in [-0.3, -0.25) is 4.79 Å². The van der Waals surface area contributed by atoms with Crippen molar-refractivity contribution in [2.75, 3.05) is 32.5 Å². The molecule has 3 N–H and O–H groups in total. The normalized spacial score (nSPS) is 10.3. The fraction of sp³-hybridized carbons (Fsp3) is 0.278. The van der Waals surface area contributed by atoms with Crippen LogP contribution in [-0.4, -0.2) is 43.5 Å². The molecule has 7 heteroatoms. The maximum Gasteiger partial charge on any atom is 0.343 e. The molecule has 0 unspecified atom stereocenters. The highest BCUT2D eigenvalue weighted by atomic mass is 16.6. The number of ketones is 1. The van der Waals surface area contributed by atoms with E-state index in [0.717, 1.165) is 5.69 Å². The van der Waals surface area contributed by atoms with E-state index in [1.165, 1.54) is 7.11 Å². The molecule has 0 spiro atoms. The number of ether oxygens (including phenoxy) is 2. The molecule has 0 aliphatic heterocycles. The number of anilines is 1. The number of carbonyl (C=O) groups is 2. The minimum absolute atomic E-state index is 0.0277. The lowest BCUT2D eigenvalue weighted by Gasteiger charge is -2.07. The zero-order valence-corrected chi connectivity index (χ0v) is 14.0. The summed E-state index contributed by atoms with van der Waals surface area (Å²) in [5.74, 6) is 0.504. The second kappa shape index (κ2) is 9.39. The molecule has 0 aliphatic rings. The molecule has 1 aromatic heterocycles. The van der Waals surface area contributed by atoms with Gasteiger partial charge < -0.3 is 20.5 Å². The van der Waals surface area contributed by atoms with Crippen LogP contribution in [0.4, 0.5) is 5.82 Å². The Hall–Kier alpha value is -2.93. The zero-order valence-electron chi connectivity index (χ0n) is 14.0. The first-order valence-electron chi connectivity index (χ1n) is 7.83. The third-order valence-corrected chi connectivity index (χ3v) is 3.43. The van der Waals surface area contributed by atoms with Crippen LogP contribution in [-0.2, 0) is 16.0 Å². The predicted octanol–water partition coefficient (Wildman–Crippen LogP) is 1.23. The lowest BCUT2D eigenvalue weighted by molar-refractivity contribution is -0.142. The van der Waals surface area contributed by atoms with Crippen molar-refractivity contribution in [2.24, 2.45) is 0 Å². The van der Waals surface area contributed by atoms with Gasteiger partial charge in [-0.2, -0.15) is 0 Å². The number of nitrogen functional groups attached to an aromatic ring is 1. The number of benzene rings is 1. The molecule has 7 nitrogen and oxygen atoms in total. The summed E-state index contributed by atoms with van der Waals surface area (Å²) in [7, 11) is 1.29. The first-order chi connectivity index (χ1) is 12.1. The van der Waals surface area contributed by atoms with Crippen LogP contribution < -0.4 is 15.8 Å². The van der Waals surface area contributed by atoms with Crippen molar-refractivity contribution in [1.29, 1.82) is 0 Å². The van der Waals surface area contributed by atoms with Crippen LogP contribution in [0.2, 0.25) is 0 Å². The van der Waals surface area contributed by atoms with E-state index < -0.39 is 5.97 Å². The van der Waals surface area contributed by atoms with Crippen LogP contribution in [0.5, 0.6) is 5.75 Å². The van der Waals surface area contributed by atoms with E-state index in [9.17, 15) is 9.59 Å². The summed E-state index contributed by atoms with van der Waals surface area (Å²) in [5.41, 5.74) is 7.07. The van der Waals surface area contributed by atoms with Gasteiger partial charge in [-0.05, 0) is 36.4 Å². The molecule has 0 aliphatic carbocycles. The number of nitrogens with two attached hydrogens (primary N) is 1. The molecule has 1 aromatic carbocycles. The molecule has 0 fully saturated rings. The highest BCUT2D eigenvalue weighted by Crippen LogP contribution is 2.12. The van der Waals surface area contributed by atoms with Crippen molar-refractivity contribution < 1.29 is 19.1 Å². The van der Waals surface area contributed by atoms with Crippen LogP contribution >= 0.6 is 0 Å². The lowest BCUT2D eigenvalue weighted by Crippen LogP contribution is -2.25. The quantitative estimate of drug-likeness (QED) is 0.401. The van der Waals surface area contributed by atoms with Crippen molar-refractivity contribution in [3.8, 4) is 5.75 Å². The van der Waals surface area contributed by atoms with Gasteiger partial charge in [0.25, 0.3) is 0 Å². The Kier molecular flexibility index (Phi) is 6.91. The van der Waals surface area contributed by atoms with Gasteiger partial charge in [0.1, 0.15) is 11.6 Å². The first-order valence-corrected chi connectivity index (χ1v) is 7.83. The summed E-state index contributed by atoms with van der Waals surface area (Å²) < 4.78 is 9.72. The van der Waals surface area contributed by atoms with Crippen molar-refractivity contribution >= 4 is 17.6 Å². The third kappa shape index (κ3) is 6.23. The standard InChI is InChI=1S/C18H21N3O4/c1-24-18(23)12-25-15-7-5-13(6-8-15)16(22)11-20-10-9-14-3-2-4-17(19)21-14/h2-8,20H,9-12H2,1H3,(H2,19,21). The number of aromatic nitrogens is 1. The molecule has 25 heavy (non-hydrogen) atoms. The Morgan fingerprint density at radius 1 is 1.16 bits per heavy atom. The number of pyridine rings is 1. The van der Waals surface area contributed by atoms with Gasteiger partial charge in [0.15, 0.2) is 12.4 Å². The van der Waals surface area contributed by atoms with Gasteiger partial charge in [0, 0.05) is 24.2 Å². The molecular weight excluding hydrogens is 322 g/mol. The van der Waals surface area contributed by atoms with Crippen molar-refractivity contribution in [2.45, 2.75) is 6.42 Å². The van der Waals surface area contributed by atoms with Crippen LogP contribution in [0.15, 0.2) is 42.5 Å². The second-order valence-corrected chi connectivity index (χ2v) is 5.29. The summed E-state index contributed by atoms with van der Waals surface area (Å²) in [5, 5.41) is 3.09. The van der Waals surface area contributed by atoms with Gasteiger partial charge in [0.05, 0.1) is 13.7 Å². The van der Waals surface area contributed by atoms with E-state index >= 15 is 0 Å². The lowest BCUT2D eigenvalue weighted by atomic mass is 10.1. The minimum atomic E-state index is -0.459. The Labute approximate surface area is 146 Å². The maximum atomic E-state index is 12.1. The van der Waals surface area contributed by atoms with E-state index in [-0.39, 0.29) is 18.9 Å². The largest absolute Gasteiger partial charge is 0.482 e. The third-order valence-electron chi connectivity index (χ3n) is 3.43. The molecule has 0 saturated carbocycles. The monoisotopic (exact) mass is 343 g/mol. The molecule has 132 valence electrons. The summed E-state index contributed by atoms with van der Waals surface area (Å²) in [6.45, 7) is 0.691. The molecule has 0 atom stereocenters. The van der Waals surface area contributed by atoms with E-state index in [0.29, 0.717) is 30.1 Å². The van der Waals surface area contributed by atoms with E-state index in [1.54, 1.807) is 30.3 Å². The number of hydrogen-bond donors (Lipinski definition) is 2. The van der Waals surface area contributed by atoms with Gasteiger partial charge >= 0.3 is 5.97 Å². The molecular formula is C18H21N3O4. The summed E-state index contributed by atoms with van der Waals surface area (Å²) in [4.78, 5) is 27.3. The second-order valence-electron chi connectivity index (χ2n) is 5.29. The highest BCUT2D eigenvalue weighted by molar-refractivity contribution is 5.97. The van der Waals surface area contributed by atoms with Crippen LogP contribution in [0.25, 0.3) is 0 Å². The molecule has 0 saturated heterocycles. The average Bonchev–Trinajstić information content (AvgIpc) is 2.63. The van der Waals surface area contributed by atoms with E-state index in [4.69, 9.17) is 10.5 Å². The summed E-state index contributed by atoms with van der Waals surface area (Å²) in [6.07, 6.45) is 0.693. The number of rotatable bonds is 9. The predicted molar refractivity (Wildman–Crippen MR) is 93.5 cm³/mol. The molecule has 2 rings (SSSR count). The summed E-state index contributed by atoms with van der Waals surface area (Å²) >= 11 is 0. The SMILES string of the molecule is COC(=O)COc1ccc(C(=O)CNCCc2cccc(N)n2)cc1. The number of carbonyl (C=O) groups excluding carboxylic acids is 2.